The number of amides is 1. The van der Waals surface area contributed by atoms with Gasteiger partial charge < -0.3 is 5.32 Å². The van der Waals surface area contributed by atoms with Crippen molar-refractivity contribution in [2.24, 2.45) is 0 Å². The number of nitrogens with zero attached hydrogens (tertiary/aromatic N) is 1. The van der Waals surface area contributed by atoms with Gasteiger partial charge in [0.1, 0.15) is 5.37 Å². The van der Waals surface area contributed by atoms with Crippen LogP contribution in [0.25, 0.3) is 0 Å². The molecule has 0 saturated heterocycles. The predicted octanol–water partition coefficient (Wildman–Crippen LogP) is 0.750. The molecule has 0 aromatic rings. The van der Waals surface area contributed by atoms with Crippen LogP contribution in [-0.4, -0.2) is 21.3 Å². The van der Waals surface area contributed by atoms with Crippen LogP contribution < -0.4 is 5.32 Å². The SMILES string of the molecule is CC(=O)N1C(=S)NC(S)=CC1S. The van der Waals surface area contributed by atoms with Crippen LogP contribution in [0, 0.1) is 0 Å². The van der Waals surface area contributed by atoms with Crippen molar-refractivity contribution >= 4 is 48.5 Å². The quantitative estimate of drug-likeness (QED) is 0.416. The Balaban J connectivity index is 2.90. The standard InChI is InChI=1S/C6H8N2OS3/c1-3(9)8-5(11)2-4(10)7-6(8)12/h2,5,10-11H,1H3,(H,7,12). The lowest BCUT2D eigenvalue weighted by atomic mass is 10.4. The average molecular weight is 220 g/mol. The van der Waals surface area contributed by atoms with Gasteiger partial charge in [0.25, 0.3) is 0 Å². The highest BCUT2D eigenvalue weighted by Gasteiger charge is 2.24. The van der Waals surface area contributed by atoms with Crippen molar-refractivity contribution in [3.8, 4) is 0 Å². The zero-order valence-corrected chi connectivity index (χ0v) is 8.92. The third-order valence-electron chi connectivity index (χ3n) is 1.36. The number of hydrogen-bond donors (Lipinski definition) is 3. The zero-order valence-electron chi connectivity index (χ0n) is 6.31. The van der Waals surface area contributed by atoms with Crippen LogP contribution in [0.15, 0.2) is 11.1 Å². The van der Waals surface area contributed by atoms with Gasteiger partial charge in [-0.05, 0) is 18.3 Å². The van der Waals surface area contributed by atoms with Crippen LogP contribution in [0.4, 0.5) is 0 Å². The van der Waals surface area contributed by atoms with Crippen LogP contribution in [0.5, 0.6) is 0 Å². The summed E-state index contributed by atoms with van der Waals surface area (Å²) in [5.74, 6) is -0.135. The number of thiol groups is 2. The molecule has 0 aromatic carbocycles. The minimum absolute atomic E-state index is 0.135. The lowest BCUT2D eigenvalue weighted by molar-refractivity contribution is -0.125. The molecule has 0 fully saturated rings. The summed E-state index contributed by atoms with van der Waals surface area (Å²) < 4.78 is 0. The fourth-order valence-electron chi connectivity index (χ4n) is 0.877. The van der Waals surface area contributed by atoms with Crippen molar-refractivity contribution in [2.75, 3.05) is 0 Å². The van der Waals surface area contributed by atoms with E-state index in [-0.39, 0.29) is 11.3 Å². The van der Waals surface area contributed by atoms with E-state index in [9.17, 15) is 4.79 Å². The summed E-state index contributed by atoms with van der Waals surface area (Å²) in [7, 11) is 0. The van der Waals surface area contributed by atoms with Gasteiger partial charge in [0.05, 0.1) is 5.03 Å². The first-order valence-electron chi connectivity index (χ1n) is 3.22. The molecule has 0 spiro atoms. The van der Waals surface area contributed by atoms with E-state index in [1.807, 2.05) is 0 Å². The number of thiocarbonyl (C=S) groups is 1. The first kappa shape index (κ1) is 9.88. The highest BCUT2D eigenvalue weighted by molar-refractivity contribution is 7.85. The molecular formula is C6H8N2OS3. The van der Waals surface area contributed by atoms with Crippen molar-refractivity contribution in [2.45, 2.75) is 12.3 Å². The lowest BCUT2D eigenvalue weighted by Crippen LogP contribution is -2.48. The molecular weight excluding hydrogens is 212 g/mol. The minimum atomic E-state index is -0.316. The molecule has 0 aromatic heterocycles. The first-order chi connectivity index (χ1) is 5.52. The van der Waals surface area contributed by atoms with Gasteiger partial charge in [0.15, 0.2) is 5.11 Å². The van der Waals surface area contributed by atoms with E-state index < -0.39 is 0 Å². The molecule has 1 N–H and O–H groups in total. The second-order valence-corrected chi connectivity index (χ2v) is 3.68. The molecule has 0 bridgehead atoms. The minimum Gasteiger partial charge on any atom is -0.327 e. The third kappa shape index (κ3) is 1.94. The van der Waals surface area contributed by atoms with E-state index in [1.165, 1.54) is 11.8 Å². The van der Waals surface area contributed by atoms with Gasteiger partial charge in [-0.2, -0.15) is 0 Å². The third-order valence-corrected chi connectivity index (χ3v) is 2.30. The van der Waals surface area contributed by atoms with Gasteiger partial charge in [0, 0.05) is 6.92 Å². The van der Waals surface area contributed by atoms with E-state index in [1.54, 1.807) is 6.08 Å². The van der Waals surface area contributed by atoms with Crippen molar-refractivity contribution in [3.05, 3.63) is 11.1 Å². The Hall–Kier alpha value is -0.200. The van der Waals surface area contributed by atoms with Gasteiger partial charge in [-0.1, -0.05) is 0 Å². The zero-order chi connectivity index (χ0) is 9.30. The summed E-state index contributed by atoms with van der Waals surface area (Å²) >= 11 is 13.1. The Morgan fingerprint density at radius 2 is 2.42 bits per heavy atom. The topological polar surface area (TPSA) is 32.3 Å². The largest absolute Gasteiger partial charge is 0.327 e. The fraction of sp³-hybridized carbons (Fsp3) is 0.333. The molecule has 12 heavy (non-hydrogen) atoms. The number of carbonyl (C=O) groups excluding carboxylic acids is 1. The Morgan fingerprint density at radius 1 is 1.83 bits per heavy atom. The second-order valence-electron chi connectivity index (χ2n) is 2.28. The van der Waals surface area contributed by atoms with Crippen molar-refractivity contribution < 1.29 is 4.79 Å². The van der Waals surface area contributed by atoms with Crippen LogP contribution in [-0.2, 0) is 4.79 Å². The summed E-state index contributed by atoms with van der Waals surface area (Å²) in [6, 6.07) is 0. The molecule has 3 nitrogen and oxygen atoms in total. The van der Waals surface area contributed by atoms with Crippen LogP contribution in [0.2, 0.25) is 0 Å². The average Bonchev–Trinajstić information content (AvgIpc) is 1.82. The molecule has 1 aliphatic rings. The summed E-state index contributed by atoms with van der Waals surface area (Å²) in [4.78, 5) is 12.4. The van der Waals surface area contributed by atoms with E-state index in [2.05, 4.69) is 30.6 Å². The highest BCUT2D eigenvalue weighted by Crippen LogP contribution is 2.15. The van der Waals surface area contributed by atoms with Crippen molar-refractivity contribution in [1.29, 1.82) is 0 Å². The van der Waals surface area contributed by atoms with Crippen molar-refractivity contribution in [3.63, 3.8) is 0 Å². The molecule has 66 valence electrons. The number of rotatable bonds is 0. The van der Waals surface area contributed by atoms with E-state index in [0.717, 1.165) is 0 Å². The summed E-state index contributed by atoms with van der Waals surface area (Å²) in [5.41, 5.74) is 0. The van der Waals surface area contributed by atoms with Gasteiger partial charge in [-0.15, -0.1) is 25.3 Å². The van der Waals surface area contributed by atoms with Gasteiger partial charge in [-0.25, -0.2) is 0 Å². The Morgan fingerprint density at radius 3 is 2.83 bits per heavy atom. The lowest BCUT2D eigenvalue weighted by Gasteiger charge is -2.30. The molecule has 0 radical (unpaired) electrons. The molecule has 1 aliphatic heterocycles. The predicted molar refractivity (Wildman–Crippen MR) is 58.1 cm³/mol. The summed E-state index contributed by atoms with van der Waals surface area (Å²) in [5, 5.41) is 3.40. The number of hydrogen-bond acceptors (Lipinski definition) is 4. The van der Waals surface area contributed by atoms with E-state index >= 15 is 0 Å². The Labute approximate surface area is 87.0 Å². The monoisotopic (exact) mass is 220 g/mol. The van der Waals surface area contributed by atoms with Crippen LogP contribution in [0.1, 0.15) is 6.92 Å². The van der Waals surface area contributed by atoms with E-state index in [4.69, 9.17) is 12.2 Å². The number of nitrogens with one attached hydrogen (secondary N) is 1. The smallest absolute Gasteiger partial charge is 0.226 e. The molecule has 1 amide bonds. The molecule has 6 heteroatoms. The molecule has 0 saturated carbocycles. The van der Waals surface area contributed by atoms with Gasteiger partial charge in [-0.3, -0.25) is 9.69 Å². The van der Waals surface area contributed by atoms with Gasteiger partial charge >= 0.3 is 0 Å². The highest BCUT2D eigenvalue weighted by atomic mass is 32.1. The summed E-state index contributed by atoms with van der Waals surface area (Å²) in [6.45, 7) is 1.44. The molecule has 1 unspecified atom stereocenters. The molecule has 1 atom stereocenters. The van der Waals surface area contributed by atoms with Crippen molar-refractivity contribution in [1.82, 2.24) is 10.2 Å². The van der Waals surface area contributed by atoms with Crippen LogP contribution in [0.3, 0.4) is 0 Å². The maximum atomic E-state index is 11.0. The van der Waals surface area contributed by atoms with Crippen LogP contribution >= 0.6 is 37.5 Å². The second kappa shape index (κ2) is 3.68. The Bertz CT molecular complexity index is 264. The number of carbonyl (C=O) groups is 1. The maximum Gasteiger partial charge on any atom is 0.226 e. The molecule has 1 rings (SSSR count). The maximum absolute atomic E-state index is 11.0. The van der Waals surface area contributed by atoms with E-state index in [0.29, 0.717) is 10.1 Å². The molecule has 1 heterocycles. The first-order valence-corrected chi connectivity index (χ1v) is 4.59. The normalized spacial score (nSPS) is 23.2. The molecule has 0 aliphatic carbocycles. The Kier molecular flexibility index (Phi) is 3.03. The summed E-state index contributed by atoms with van der Waals surface area (Å²) in [6.07, 6.45) is 1.70. The fourth-order valence-corrected chi connectivity index (χ4v) is 2.17. The van der Waals surface area contributed by atoms with Gasteiger partial charge in [0.2, 0.25) is 5.91 Å².